The van der Waals surface area contributed by atoms with Crippen molar-refractivity contribution in [1.29, 1.82) is 0 Å². The molecule has 1 N–H and O–H groups in total. The third-order valence-corrected chi connectivity index (χ3v) is 4.84. The summed E-state index contributed by atoms with van der Waals surface area (Å²) in [5.74, 6) is 2.20. The molecule has 2 unspecified atom stereocenters. The smallest absolute Gasteiger partial charge is 0.0914 e. The number of hydrogen-bond donors (Lipinski definition) is 1. The van der Waals surface area contributed by atoms with Crippen LogP contribution in [0.4, 0.5) is 0 Å². The molecule has 14 heavy (non-hydrogen) atoms. The van der Waals surface area contributed by atoms with E-state index in [1.54, 1.807) is 0 Å². The van der Waals surface area contributed by atoms with E-state index >= 15 is 0 Å². The molecule has 0 aromatic rings. The Hall–Kier alpha value is -0.0800. The van der Waals surface area contributed by atoms with Crippen molar-refractivity contribution in [3.63, 3.8) is 0 Å². The van der Waals surface area contributed by atoms with Gasteiger partial charge in [-0.15, -0.1) is 0 Å². The van der Waals surface area contributed by atoms with Gasteiger partial charge in [0.25, 0.3) is 0 Å². The van der Waals surface area contributed by atoms with Crippen molar-refractivity contribution in [1.82, 2.24) is 5.32 Å². The van der Waals surface area contributed by atoms with Gasteiger partial charge in [-0.05, 0) is 12.8 Å². The molecule has 0 aromatic carbocycles. The normalized spacial score (nSPS) is 41.1. The van der Waals surface area contributed by atoms with Crippen LogP contribution in [-0.4, -0.2) is 43.8 Å². The highest BCUT2D eigenvalue weighted by Gasteiger charge is 2.45. The third-order valence-electron chi connectivity index (χ3n) is 4.84. The topological polar surface area (TPSA) is 12.0 Å². The lowest BCUT2D eigenvalue weighted by Crippen LogP contribution is -2.57. The number of fused-ring (bicyclic) bond motifs is 1. The van der Waals surface area contributed by atoms with Gasteiger partial charge in [0.05, 0.1) is 26.2 Å². The molecule has 1 aliphatic carbocycles. The molecule has 1 spiro atoms. The van der Waals surface area contributed by atoms with Gasteiger partial charge in [0.1, 0.15) is 0 Å². The zero-order valence-electron chi connectivity index (χ0n) is 9.17. The maximum Gasteiger partial charge on any atom is 0.0914 e. The second-order valence-corrected chi connectivity index (χ2v) is 5.71. The first-order valence-corrected chi connectivity index (χ1v) is 6.44. The molecule has 2 atom stereocenters. The summed E-state index contributed by atoms with van der Waals surface area (Å²) >= 11 is 0. The molecule has 80 valence electrons. The van der Waals surface area contributed by atoms with Crippen LogP contribution in [0.2, 0.25) is 0 Å². The Bertz CT molecular complexity index is 192. The van der Waals surface area contributed by atoms with Gasteiger partial charge in [0.2, 0.25) is 0 Å². The van der Waals surface area contributed by atoms with Crippen LogP contribution in [0.15, 0.2) is 0 Å². The quantitative estimate of drug-likeness (QED) is 0.573. The molecule has 2 nitrogen and oxygen atoms in total. The average molecular weight is 195 g/mol. The highest BCUT2D eigenvalue weighted by atomic mass is 15.4. The van der Waals surface area contributed by atoms with Crippen LogP contribution in [0.25, 0.3) is 0 Å². The maximum atomic E-state index is 3.50. The van der Waals surface area contributed by atoms with E-state index in [4.69, 9.17) is 0 Å². The van der Waals surface area contributed by atoms with Crippen molar-refractivity contribution in [2.75, 3.05) is 39.3 Å². The van der Waals surface area contributed by atoms with Crippen molar-refractivity contribution in [2.24, 2.45) is 11.8 Å². The lowest BCUT2D eigenvalue weighted by atomic mass is 9.82. The Labute approximate surface area is 87.3 Å². The zero-order chi connectivity index (χ0) is 9.43. The predicted molar refractivity (Wildman–Crippen MR) is 58.0 cm³/mol. The molecule has 3 aliphatic rings. The number of quaternary nitrogens is 1. The Morgan fingerprint density at radius 1 is 0.857 bits per heavy atom. The minimum atomic E-state index is 1.10. The largest absolute Gasteiger partial charge is 0.321 e. The van der Waals surface area contributed by atoms with Gasteiger partial charge in [0.15, 0.2) is 0 Å². The predicted octanol–water partition coefficient (Wildman–Crippen LogP) is 1.23. The van der Waals surface area contributed by atoms with E-state index < -0.39 is 0 Å². The number of nitrogens with zero attached hydrogens (tertiary/aromatic N) is 1. The zero-order valence-corrected chi connectivity index (χ0v) is 9.17. The van der Waals surface area contributed by atoms with E-state index in [2.05, 4.69) is 5.32 Å². The molecule has 1 saturated carbocycles. The van der Waals surface area contributed by atoms with Crippen molar-refractivity contribution >= 4 is 0 Å². The van der Waals surface area contributed by atoms with E-state index in [0.29, 0.717) is 0 Å². The molecule has 0 bridgehead atoms. The van der Waals surface area contributed by atoms with E-state index in [1.165, 1.54) is 69.4 Å². The van der Waals surface area contributed by atoms with Crippen LogP contribution in [-0.2, 0) is 0 Å². The van der Waals surface area contributed by atoms with Gasteiger partial charge >= 0.3 is 0 Å². The first-order chi connectivity index (χ1) is 6.88. The van der Waals surface area contributed by atoms with Crippen LogP contribution < -0.4 is 5.32 Å². The Kier molecular flexibility index (Phi) is 2.29. The summed E-state index contributed by atoms with van der Waals surface area (Å²) < 4.78 is 1.47. The molecule has 2 saturated heterocycles. The number of hydrogen-bond acceptors (Lipinski definition) is 1. The van der Waals surface area contributed by atoms with Crippen LogP contribution in [0.3, 0.4) is 0 Å². The standard InChI is InChI=1S/C12H23N2/c1-2-4-12-10-14(9-11(12)3-1)7-5-13-6-8-14/h11-13H,1-10H2/q+1. The second kappa shape index (κ2) is 3.49. The number of nitrogens with one attached hydrogen (secondary N) is 1. The van der Waals surface area contributed by atoms with E-state index in [9.17, 15) is 0 Å². The Balaban J connectivity index is 1.71. The maximum absolute atomic E-state index is 3.50. The SMILES string of the molecule is C1CCC2C[N+]3(CCNCC3)CC2C1. The van der Waals surface area contributed by atoms with Crippen molar-refractivity contribution < 1.29 is 4.48 Å². The van der Waals surface area contributed by atoms with Gasteiger partial charge < -0.3 is 9.80 Å². The molecule has 3 fully saturated rings. The fourth-order valence-corrected chi connectivity index (χ4v) is 4.07. The van der Waals surface area contributed by atoms with Crippen LogP contribution in [0.5, 0.6) is 0 Å². The van der Waals surface area contributed by atoms with Gasteiger partial charge in [-0.2, -0.15) is 0 Å². The fraction of sp³-hybridized carbons (Fsp3) is 1.00. The van der Waals surface area contributed by atoms with E-state index in [-0.39, 0.29) is 0 Å². The second-order valence-electron chi connectivity index (χ2n) is 5.71. The lowest BCUT2D eigenvalue weighted by Gasteiger charge is -2.38. The summed E-state index contributed by atoms with van der Waals surface area (Å²) in [4.78, 5) is 0. The van der Waals surface area contributed by atoms with Crippen molar-refractivity contribution in [2.45, 2.75) is 25.7 Å². The molecule has 2 heterocycles. The lowest BCUT2D eigenvalue weighted by molar-refractivity contribution is -0.920. The van der Waals surface area contributed by atoms with Crippen molar-refractivity contribution in [3.05, 3.63) is 0 Å². The van der Waals surface area contributed by atoms with E-state index in [1.807, 2.05) is 0 Å². The van der Waals surface area contributed by atoms with Gasteiger partial charge in [-0.25, -0.2) is 0 Å². The minimum Gasteiger partial charge on any atom is -0.321 e. The monoisotopic (exact) mass is 195 g/mol. The first kappa shape index (κ1) is 9.17. The van der Waals surface area contributed by atoms with Crippen LogP contribution in [0, 0.1) is 11.8 Å². The molecule has 0 aromatic heterocycles. The summed E-state index contributed by atoms with van der Waals surface area (Å²) in [6, 6.07) is 0. The minimum absolute atomic E-state index is 1.10. The van der Waals surface area contributed by atoms with Crippen LogP contribution >= 0.6 is 0 Å². The van der Waals surface area contributed by atoms with Gasteiger partial charge in [-0.1, -0.05) is 12.8 Å². The highest BCUT2D eigenvalue weighted by Crippen LogP contribution is 2.39. The molecule has 0 radical (unpaired) electrons. The molecule has 2 heteroatoms. The summed E-state index contributed by atoms with van der Waals surface area (Å²) in [7, 11) is 0. The summed E-state index contributed by atoms with van der Waals surface area (Å²) in [5, 5.41) is 3.50. The van der Waals surface area contributed by atoms with Gasteiger partial charge in [-0.3, -0.25) is 0 Å². The highest BCUT2D eigenvalue weighted by molar-refractivity contribution is 4.82. The van der Waals surface area contributed by atoms with E-state index in [0.717, 1.165) is 11.8 Å². The molecule has 3 rings (SSSR count). The summed E-state index contributed by atoms with van der Waals surface area (Å²) in [6.07, 6.45) is 6.11. The average Bonchev–Trinajstić information content (AvgIpc) is 2.56. The van der Waals surface area contributed by atoms with Crippen molar-refractivity contribution in [3.8, 4) is 0 Å². The fourth-order valence-electron chi connectivity index (χ4n) is 4.07. The first-order valence-electron chi connectivity index (χ1n) is 6.44. The van der Waals surface area contributed by atoms with Gasteiger partial charge in [0, 0.05) is 24.9 Å². The molecular formula is C12H23N2+. The summed E-state index contributed by atoms with van der Waals surface area (Å²) in [6.45, 7) is 8.39. The summed E-state index contributed by atoms with van der Waals surface area (Å²) in [5.41, 5.74) is 0. The number of piperazine rings is 1. The number of rotatable bonds is 0. The third kappa shape index (κ3) is 1.49. The molecule has 2 aliphatic heterocycles. The Morgan fingerprint density at radius 2 is 1.43 bits per heavy atom. The Morgan fingerprint density at radius 3 is 2.00 bits per heavy atom. The molecular weight excluding hydrogens is 172 g/mol. The molecule has 0 amide bonds. The van der Waals surface area contributed by atoms with Crippen LogP contribution in [0.1, 0.15) is 25.7 Å².